The van der Waals surface area contributed by atoms with Crippen LogP contribution < -0.4 is 4.90 Å². The molecule has 2 aliphatic rings. The van der Waals surface area contributed by atoms with Gasteiger partial charge in [-0.1, -0.05) is 24.4 Å². The Morgan fingerprint density at radius 1 is 1.00 bits per heavy atom. The molecule has 0 spiro atoms. The number of halogens is 1. The van der Waals surface area contributed by atoms with Crippen LogP contribution in [0.4, 0.5) is 5.69 Å². The van der Waals surface area contributed by atoms with E-state index in [1.165, 1.54) is 52.8 Å². The third-order valence-corrected chi connectivity index (χ3v) is 7.99. The zero-order valence-corrected chi connectivity index (χ0v) is 18.1. The van der Waals surface area contributed by atoms with Gasteiger partial charge in [-0.3, -0.25) is 9.59 Å². The second-order valence-electron chi connectivity index (χ2n) is 7.67. The number of sulfonamides is 1. The summed E-state index contributed by atoms with van der Waals surface area (Å²) in [4.78, 5) is 27.2. The van der Waals surface area contributed by atoms with E-state index < -0.39 is 27.9 Å². The molecule has 1 aliphatic heterocycles. The smallest absolute Gasteiger partial charge is 0.252 e. The van der Waals surface area contributed by atoms with Crippen LogP contribution in [0.3, 0.4) is 0 Å². The van der Waals surface area contributed by atoms with Crippen molar-refractivity contribution in [3.05, 3.63) is 59.1 Å². The number of rotatable bonds is 5. The lowest BCUT2D eigenvalue weighted by molar-refractivity contribution is -0.122. The molecule has 2 aromatic rings. The molecule has 1 saturated heterocycles. The van der Waals surface area contributed by atoms with Gasteiger partial charge >= 0.3 is 0 Å². The number of nitrogens with zero attached hydrogens (tertiary/aromatic N) is 3. The fourth-order valence-corrected chi connectivity index (χ4v) is 6.23. The number of hydrogen-bond donors (Lipinski definition) is 0. The predicted molar refractivity (Wildman–Crippen MR) is 115 cm³/mol. The molecule has 0 aromatic heterocycles. The van der Waals surface area contributed by atoms with Crippen molar-refractivity contribution in [1.29, 1.82) is 5.26 Å². The van der Waals surface area contributed by atoms with Crippen molar-refractivity contribution in [2.45, 2.75) is 49.1 Å². The van der Waals surface area contributed by atoms with Crippen LogP contribution in [-0.4, -0.2) is 36.6 Å². The summed E-state index contributed by atoms with van der Waals surface area (Å²) in [5.41, 5.74) is 0.726. The van der Waals surface area contributed by atoms with E-state index in [4.69, 9.17) is 16.9 Å². The zero-order valence-electron chi connectivity index (χ0n) is 16.6. The highest BCUT2D eigenvalue weighted by molar-refractivity contribution is 7.89. The lowest BCUT2D eigenvalue weighted by Crippen LogP contribution is -2.49. The van der Waals surface area contributed by atoms with E-state index in [1.54, 1.807) is 0 Å². The zero-order chi connectivity index (χ0) is 22.2. The van der Waals surface area contributed by atoms with E-state index in [1.807, 2.05) is 6.07 Å². The number of benzene rings is 2. The summed E-state index contributed by atoms with van der Waals surface area (Å²) in [5.74, 6) is -1.03. The molecule has 2 aromatic carbocycles. The minimum Gasteiger partial charge on any atom is -0.274 e. The molecule has 2 fully saturated rings. The van der Waals surface area contributed by atoms with Gasteiger partial charge in [0.2, 0.25) is 15.9 Å². The van der Waals surface area contributed by atoms with Crippen molar-refractivity contribution >= 4 is 39.1 Å². The van der Waals surface area contributed by atoms with Gasteiger partial charge in [0, 0.05) is 11.1 Å². The normalized spacial score (nSPS) is 19.9. The van der Waals surface area contributed by atoms with E-state index in [0.29, 0.717) is 29.1 Å². The third-order valence-electron chi connectivity index (χ3n) is 5.76. The molecule has 160 valence electrons. The maximum Gasteiger partial charge on any atom is 0.252 e. The van der Waals surface area contributed by atoms with Gasteiger partial charge in [-0.05, 0) is 61.4 Å². The fourth-order valence-electron chi connectivity index (χ4n) is 4.28. The molecule has 2 amide bonds. The van der Waals surface area contributed by atoms with Crippen LogP contribution in [0.2, 0.25) is 5.02 Å². The Morgan fingerprint density at radius 3 is 2.19 bits per heavy atom. The molecule has 1 atom stereocenters. The van der Waals surface area contributed by atoms with Gasteiger partial charge in [0.05, 0.1) is 28.6 Å². The highest BCUT2D eigenvalue weighted by Crippen LogP contribution is 2.35. The van der Waals surface area contributed by atoms with Crippen LogP contribution in [0, 0.1) is 11.3 Å². The molecule has 1 heterocycles. The van der Waals surface area contributed by atoms with Crippen LogP contribution in [0.5, 0.6) is 0 Å². The summed E-state index contributed by atoms with van der Waals surface area (Å²) >= 11 is 5.91. The first kappa shape index (κ1) is 21.5. The SMILES string of the molecule is N#Cc1ccc(N2C(=O)CC(N(C3CCCC3)S(=O)(=O)c3ccc(Cl)cc3)C2=O)cc1. The third kappa shape index (κ3) is 3.97. The predicted octanol–water partition coefficient (Wildman–Crippen LogP) is 3.48. The Bertz CT molecular complexity index is 1150. The summed E-state index contributed by atoms with van der Waals surface area (Å²) in [6.07, 6.45) is 2.79. The van der Waals surface area contributed by atoms with Gasteiger partial charge < -0.3 is 0 Å². The first-order valence-electron chi connectivity index (χ1n) is 9.99. The highest BCUT2D eigenvalue weighted by atomic mass is 35.5. The molecule has 0 N–H and O–H groups in total. The lowest BCUT2D eigenvalue weighted by atomic mass is 10.1. The van der Waals surface area contributed by atoms with Gasteiger partial charge in [-0.25, -0.2) is 13.3 Å². The van der Waals surface area contributed by atoms with E-state index >= 15 is 0 Å². The number of hydrogen-bond acceptors (Lipinski definition) is 5. The molecule has 1 aliphatic carbocycles. The maximum absolute atomic E-state index is 13.6. The Hall–Kier alpha value is -2.73. The Labute approximate surface area is 185 Å². The second kappa shape index (κ2) is 8.42. The molecular formula is C22H20ClN3O4S. The van der Waals surface area contributed by atoms with Crippen molar-refractivity contribution in [2.24, 2.45) is 0 Å². The summed E-state index contributed by atoms with van der Waals surface area (Å²) in [6, 6.07) is 12.4. The molecule has 1 unspecified atom stereocenters. The van der Waals surface area contributed by atoms with Crippen LogP contribution in [0.15, 0.2) is 53.4 Å². The first-order chi connectivity index (χ1) is 14.8. The number of anilines is 1. The van der Waals surface area contributed by atoms with E-state index in [0.717, 1.165) is 17.7 Å². The summed E-state index contributed by atoms with van der Waals surface area (Å²) in [5, 5.41) is 9.38. The summed E-state index contributed by atoms with van der Waals surface area (Å²) in [7, 11) is -4.03. The maximum atomic E-state index is 13.6. The topological polar surface area (TPSA) is 98.5 Å². The quantitative estimate of drug-likeness (QED) is 0.640. The summed E-state index contributed by atoms with van der Waals surface area (Å²) in [6.45, 7) is 0. The largest absolute Gasteiger partial charge is 0.274 e. The number of carbonyl (C=O) groups is 2. The van der Waals surface area contributed by atoms with Crippen LogP contribution >= 0.6 is 11.6 Å². The molecule has 1 saturated carbocycles. The van der Waals surface area contributed by atoms with E-state index in [2.05, 4.69) is 0 Å². The second-order valence-corrected chi connectivity index (χ2v) is 9.95. The van der Waals surface area contributed by atoms with Gasteiger partial charge in [-0.2, -0.15) is 9.57 Å². The van der Waals surface area contributed by atoms with Crippen molar-refractivity contribution in [3.63, 3.8) is 0 Å². The molecule has 7 nitrogen and oxygen atoms in total. The standard InChI is InChI=1S/C22H20ClN3O4S/c23-16-7-11-19(12-8-16)31(29,30)26(18-3-1-2-4-18)20-13-21(27)25(22(20)28)17-9-5-15(14-24)6-10-17/h5-12,18,20H,1-4,13H2. The Morgan fingerprint density at radius 2 is 1.61 bits per heavy atom. The average Bonchev–Trinajstić information content (AvgIpc) is 3.37. The minimum atomic E-state index is -4.03. The van der Waals surface area contributed by atoms with Gasteiger partial charge in [0.25, 0.3) is 5.91 Å². The van der Waals surface area contributed by atoms with Crippen LogP contribution in [-0.2, 0) is 19.6 Å². The number of amides is 2. The summed E-state index contributed by atoms with van der Waals surface area (Å²) < 4.78 is 28.4. The van der Waals surface area contributed by atoms with Gasteiger partial charge in [0.1, 0.15) is 6.04 Å². The first-order valence-corrected chi connectivity index (χ1v) is 11.8. The Kier molecular flexibility index (Phi) is 5.84. The van der Waals surface area contributed by atoms with Gasteiger partial charge in [0.15, 0.2) is 0 Å². The number of carbonyl (C=O) groups excluding carboxylic acids is 2. The van der Waals surface area contributed by atoms with E-state index in [-0.39, 0.29) is 17.4 Å². The van der Waals surface area contributed by atoms with Crippen molar-refractivity contribution in [1.82, 2.24) is 4.31 Å². The average molecular weight is 458 g/mol. The van der Waals surface area contributed by atoms with E-state index in [9.17, 15) is 18.0 Å². The molecule has 4 rings (SSSR count). The molecular weight excluding hydrogens is 438 g/mol. The van der Waals surface area contributed by atoms with Gasteiger partial charge in [-0.15, -0.1) is 0 Å². The van der Waals surface area contributed by atoms with Crippen molar-refractivity contribution in [2.75, 3.05) is 4.90 Å². The lowest BCUT2D eigenvalue weighted by Gasteiger charge is -2.32. The highest BCUT2D eigenvalue weighted by Gasteiger charge is 2.49. The number of nitriles is 1. The minimum absolute atomic E-state index is 0.0425. The molecule has 9 heteroatoms. The van der Waals surface area contributed by atoms with Crippen LogP contribution in [0.1, 0.15) is 37.7 Å². The van der Waals surface area contributed by atoms with Crippen molar-refractivity contribution in [3.8, 4) is 6.07 Å². The Balaban J connectivity index is 1.72. The van der Waals surface area contributed by atoms with Crippen molar-refractivity contribution < 1.29 is 18.0 Å². The number of imide groups is 1. The van der Waals surface area contributed by atoms with Crippen LogP contribution in [0.25, 0.3) is 0 Å². The monoisotopic (exact) mass is 457 g/mol. The molecule has 31 heavy (non-hydrogen) atoms. The molecule has 0 bridgehead atoms. The molecule has 0 radical (unpaired) electrons. The fraction of sp³-hybridized carbons (Fsp3) is 0.318.